The molecule has 86 valence electrons. The fraction of sp³-hybridized carbons (Fsp3) is 0.100. The molecule has 0 spiro atoms. The normalized spacial score (nSPS) is 12.0. The zero-order chi connectivity index (χ0) is 12.3. The van der Waals surface area contributed by atoms with Gasteiger partial charge in [0.2, 0.25) is 5.91 Å². The van der Waals surface area contributed by atoms with Crippen molar-refractivity contribution >= 4 is 12.0 Å². The molecule has 0 saturated carbocycles. The molecule has 1 rings (SSSR count). The molecule has 0 atom stereocenters. The van der Waals surface area contributed by atoms with Crippen LogP contribution in [0.4, 0.5) is 17.6 Å². The first kappa shape index (κ1) is 12.2. The summed E-state index contributed by atoms with van der Waals surface area (Å²) in [5, 5.41) is 0. The van der Waals surface area contributed by atoms with Crippen LogP contribution in [-0.4, -0.2) is 5.91 Å². The van der Waals surface area contributed by atoms with Crippen molar-refractivity contribution in [1.82, 2.24) is 0 Å². The maximum Gasteiger partial charge on any atom is 0.417 e. The van der Waals surface area contributed by atoms with E-state index in [2.05, 4.69) is 0 Å². The molecule has 1 aromatic carbocycles. The molecule has 0 saturated heterocycles. The first-order chi connectivity index (χ1) is 7.30. The Morgan fingerprint density at radius 3 is 2.44 bits per heavy atom. The summed E-state index contributed by atoms with van der Waals surface area (Å²) in [6.45, 7) is 0. The van der Waals surface area contributed by atoms with Crippen molar-refractivity contribution < 1.29 is 22.4 Å². The van der Waals surface area contributed by atoms with Crippen LogP contribution in [0.2, 0.25) is 0 Å². The molecule has 1 aromatic rings. The average molecular weight is 233 g/mol. The Bertz CT molecular complexity index is 437. The van der Waals surface area contributed by atoms with Crippen molar-refractivity contribution in [2.75, 3.05) is 0 Å². The number of carbonyl (C=O) groups excluding carboxylic acids is 1. The minimum absolute atomic E-state index is 0.312. The van der Waals surface area contributed by atoms with Crippen LogP contribution in [0.15, 0.2) is 24.3 Å². The molecule has 0 radical (unpaired) electrons. The van der Waals surface area contributed by atoms with Gasteiger partial charge in [0.25, 0.3) is 0 Å². The van der Waals surface area contributed by atoms with E-state index in [1.54, 1.807) is 0 Å². The molecule has 0 aliphatic rings. The van der Waals surface area contributed by atoms with Crippen LogP contribution in [0, 0.1) is 5.82 Å². The van der Waals surface area contributed by atoms with E-state index in [1.165, 1.54) is 0 Å². The molecule has 1 amide bonds. The molecule has 0 unspecified atom stereocenters. The van der Waals surface area contributed by atoms with Gasteiger partial charge in [0.15, 0.2) is 0 Å². The summed E-state index contributed by atoms with van der Waals surface area (Å²) in [5.41, 5.74) is 3.29. The molecule has 0 heterocycles. The molecule has 2 N–H and O–H groups in total. The first-order valence-corrected chi connectivity index (χ1v) is 4.15. The molecular formula is C10H7F4NO. The van der Waals surface area contributed by atoms with E-state index in [-0.39, 0.29) is 5.56 Å². The van der Waals surface area contributed by atoms with E-state index in [1.807, 2.05) is 0 Å². The van der Waals surface area contributed by atoms with E-state index in [0.29, 0.717) is 6.07 Å². The van der Waals surface area contributed by atoms with Crippen LogP contribution >= 0.6 is 0 Å². The standard InChI is InChI=1S/C10H7F4NO/c11-7-3-1-6(2-4-9(15)16)8(5-7)10(12,13)14/h1-5H,(H2,15,16)/b4-2-. The van der Waals surface area contributed by atoms with Crippen LogP contribution in [0.3, 0.4) is 0 Å². The smallest absolute Gasteiger partial charge is 0.366 e. The number of amides is 1. The average Bonchev–Trinajstić information content (AvgIpc) is 2.14. The van der Waals surface area contributed by atoms with Crippen molar-refractivity contribution in [3.63, 3.8) is 0 Å². The predicted molar refractivity (Wildman–Crippen MR) is 49.6 cm³/mol. The van der Waals surface area contributed by atoms with Gasteiger partial charge in [-0.25, -0.2) is 4.39 Å². The second-order valence-electron chi connectivity index (χ2n) is 2.97. The van der Waals surface area contributed by atoms with Crippen molar-refractivity contribution in [2.24, 2.45) is 5.73 Å². The Morgan fingerprint density at radius 2 is 1.94 bits per heavy atom. The maximum atomic E-state index is 12.7. The number of hydrogen-bond acceptors (Lipinski definition) is 1. The SMILES string of the molecule is NC(=O)/C=C\c1ccc(F)cc1C(F)(F)F. The number of rotatable bonds is 2. The molecule has 0 fully saturated rings. The Kier molecular flexibility index (Phi) is 3.31. The Balaban J connectivity index is 3.23. The molecule has 0 bridgehead atoms. The van der Waals surface area contributed by atoms with Gasteiger partial charge in [-0.1, -0.05) is 6.07 Å². The van der Waals surface area contributed by atoms with Gasteiger partial charge in [0, 0.05) is 6.08 Å². The monoisotopic (exact) mass is 233 g/mol. The largest absolute Gasteiger partial charge is 0.417 e. The molecule has 0 aromatic heterocycles. The van der Waals surface area contributed by atoms with E-state index < -0.39 is 23.5 Å². The number of halogens is 4. The highest BCUT2D eigenvalue weighted by atomic mass is 19.4. The quantitative estimate of drug-likeness (QED) is 0.618. The van der Waals surface area contributed by atoms with E-state index in [4.69, 9.17) is 5.73 Å². The van der Waals surface area contributed by atoms with E-state index in [9.17, 15) is 22.4 Å². The van der Waals surface area contributed by atoms with Crippen molar-refractivity contribution in [3.8, 4) is 0 Å². The molecule has 0 aliphatic carbocycles. The fourth-order valence-corrected chi connectivity index (χ4v) is 1.09. The summed E-state index contributed by atoms with van der Waals surface area (Å²) in [7, 11) is 0. The Morgan fingerprint density at radius 1 is 1.31 bits per heavy atom. The summed E-state index contributed by atoms with van der Waals surface area (Å²) >= 11 is 0. The number of alkyl halides is 3. The third-order valence-electron chi connectivity index (χ3n) is 1.75. The summed E-state index contributed by atoms with van der Waals surface area (Å²) < 4.78 is 50.0. The Labute approximate surface area is 88.4 Å². The lowest BCUT2D eigenvalue weighted by Crippen LogP contribution is -2.09. The molecule has 16 heavy (non-hydrogen) atoms. The zero-order valence-corrected chi connectivity index (χ0v) is 7.88. The van der Waals surface area contributed by atoms with Crippen LogP contribution in [0.5, 0.6) is 0 Å². The third-order valence-corrected chi connectivity index (χ3v) is 1.75. The van der Waals surface area contributed by atoms with Gasteiger partial charge in [-0.05, 0) is 23.8 Å². The van der Waals surface area contributed by atoms with E-state index in [0.717, 1.165) is 24.3 Å². The molecule has 2 nitrogen and oxygen atoms in total. The second kappa shape index (κ2) is 4.34. The Hall–Kier alpha value is -1.85. The highest BCUT2D eigenvalue weighted by molar-refractivity contribution is 5.90. The summed E-state index contributed by atoms with van der Waals surface area (Å²) in [6.07, 6.45) is -3.01. The lowest BCUT2D eigenvalue weighted by Gasteiger charge is -2.09. The van der Waals surface area contributed by atoms with Crippen molar-refractivity contribution in [1.29, 1.82) is 0 Å². The van der Waals surface area contributed by atoms with E-state index >= 15 is 0 Å². The van der Waals surface area contributed by atoms with Crippen LogP contribution < -0.4 is 5.73 Å². The highest BCUT2D eigenvalue weighted by Crippen LogP contribution is 2.33. The van der Waals surface area contributed by atoms with Crippen LogP contribution in [0.25, 0.3) is 6.08 Å². The number of carbonyl (C=O) groups is 1. The minimum atomic E-state index is -4.68. The second-order valence-corrected chi connectivity index (χ2v) is 2.97. The van der Waals surface area contributed by atoms with Gasteiger partial charge in [-0.3, -0.25) is 4.79 Å². The van der Waals surface area contributed by atoms with Crippen molar-refractivity contribution in [3.05, 3.63) is 41.2 Å². The lowest BCUT2D eigenvalue weighted by atomic mass is 10.1. The summed E-state index contributed by atoms with van der Waals surface area (Å²) in [4.78, 5) is 10.4. The highest BCUT2D eigenvalue weighted by Gasteiger charge is 2.33. The zero-order valence-electron chi connectivity index (χ0n) is 7.88. The van der Waals surface area contributed by atoms with Gasteiger partial charge in [0.1, 0.15) is 5.82 Å². The van der Waals surface area contributed by atoms with Gasteiger partial charge < -0.3 is 5.73 Å². The summed E-state index contributed by atoms with van der Waals surface area (Å²) in [6, 6.07) is 2.16. The maximum absolute atomic E-state index is 12.7. The third kappa shape index (κ3) is 3.08. The fourth-order valence-electron chi connectivity index (χ4n) is 1.09. The predicted octanol–water partition coefficient (Wildman–Crippen LogP) is 2.34. The molecule has 6 heteroatoms. The number of hydrogen-bond donors (Lipinski definition) is 1. The number of benzene rings is 1. The molecule has 0 aliphatic heterocycles. The van der Waals surface area contributed by atoms with Crippen molar-refractivity contribution in [2.45, 2.75) is 6.18 Å². The number of nitrogens with two attached hydrogens (primary N) is 1. The first-order valence-electron chi connectivity index (χ1n) is 4.15. The summed E-state index contributed by atoms with van der Waals surface area (Å²) in [5.74, 6) is -1.87. The van der Waals surface area contributed by atoms with Crippen LogP contribution in [-0.2, 0) is 11.0 Å². The van der Waals surface area contributed by atoms with Crippen LogP contribution in [0.1, 0.15) is 11.1 Å². The van der Waals surface area contributed by atoms with Gasteiger partial charge in [-0.2, -0.15) is 13.2 Å². The van der Waals surface area contributed by atoms with Gasteiger partial charge >= 0.3 is 6.18 Å². The number of primary amides is 1. The van der Waals surface area contributed by atoms with Gasteiger partial charge in [-0.15, -0.1) is 0 Å². The topological polar surface area (TPSA) is 43.1 Å². The van der Waals surface area contributed by atoms with Gasteiger partial charge in [0.05, 0.1) is 5.56 Å². The molecular weight excluding hydrogens is 226 g/mol. The minimum Gasteiger partial charge on any atom is -0.366 e. The lowest BCUT2D eigenvalue weighted by molar-refractivity contribution is -0.138.